The fourth-order valence-corrected chi connectivity index (χ4v) is 11.4. The number of esters is 4. The Kier molecular flexibility index (Phi) is 79.6. The number of ether oxygens (including phenoxy) is 4. The molecule has 0 bridgehead atoms. The summed E-state index contributed by atoms with van der Waals surface area (Å²) >= 11 is 0. The zero-order valence-electron chi connectivity index (χ0n) is 70.8. The Morgan fingerprint density at radius 1 is 0.250 bits per heavy atom. The Morgan fingerprint density at radius 3 is 0.724 bits per heavy atom. The van der Waals surface area contributed by atoms with Gasteiger partial charge in [-0.2, -0.15) is 0 Å². The average molecular weight is 1650 g/mol. The summed E-state index contributed by atoms with van der Waals surface area (Å²) in [7, 11) is -10.1. The van der Waals surface area contributed by atoms with E-state index in [1.54, 1.807) is 0 Å². The molecule has 3 N–H and O–H groups in total. The molecule has 0 saturated carbocycles. The Balaban J connectivity index is 5.67. The summed E-state index contributed by atoms with van der Waals surface area (Å²) < 4.78 is 68.5. The van der Waals surface area contributed by atoms with Crippen LogP contribution in [0.2, 0.25) is 0 Å². The highest BCUT2D eigenvalue weighted by Gasteiger charge is 2.30. The molecule has 0 fully saturated rings. The van der Waals surface area contributed by atoms with Crippen molar-refractivity contribution in [2.75, 3.05) is 39.6 Å². The molecule has 0 saturated heterocycles. The second-order valence-corrected chi connectivity index (χ2v) is 29.8. The van der Waals surface area contributed by atoms with Crippen LogP contribution in [0.3, 0.4) is 0 Å². The molecular weight excluding hydrogens is 1500 g/mol. The maximum Gasteiger partial charge on any atom is 0.472 e. The molecule has 0 aliphatic carbocycles. The van der Waals surface area contributed by atoms with Crippen molar-refractivity contribution in [1.29, 1.82) is 0 Å². The number of aliphatic hydroxyl groups excluding tert-OH is 1. The molecule has 5 atom stereocenters. The lowest BCUT2D eigenvalue weighted by molar-refractivity contribution is -0.161. The van der Waals surface area contributed by atoms with Gasteiger partial charge in [-0.3, -0.25) is 37.3 Å². The minimum Gasteiger partial charge on any atom is -0.462 e. The smallest absolute Gasteiger partial charge is 0.462 e. The molecule has 2 unspecified atom stereocenters. The van der Waals surface area contributed by atoms with Gasteiger partial charge in [0, 0.05) is 25.7 Å². The summed E-state index contributed by atoms with van der Waals surface area (Å²) in [6.07, 6.45) is 115. The number of allylic oxidation sites excluding steroid dienone is 44. The third kappa shape index (κ3) is 84.3. The SMILES string of the molecule is CC/C=C\C/C=C\C/C=C\C/C=C\C/C=C\C/C=C\CCC(=O)OC[C@H](COP(=O)(O)OC[C@H](O)COP(=O)(O)OC[C@@H](COC(=O)CC/C=C\C/C=C\C/C=C\C/C=C\C/C=C\C/C=C\CC)OC(=O)CCCCC/C=C\C/C=C\C/C=C\C/C=C\C/C=C\CC)OC(=O)CC/C=C\C/C=C\C/C=C\C/C=C\C/C=C\CCCCC. The van der Waals surface area contributed by atoms with Gasteiger partial charge in [0.1, 0.15) is 19.3 Å². The van der Waals surface area contributed by atoms with Crippen molar-refractivity contribution >= 4 is 39.5 Å². The predicted octanol–water partition coefficient (Wildman–Crippen LogP) is 25.9. The minimum atomic E-state index is -5.05. The third-order valence-electron chi connectivity index (χ3n) is 16.2. The van der Waals surface area contributed by atoms with E-state index in [-0.39, 0.29) is 25.7 Å². The van der Waals surface area contributed by atoms with Crippen molar-refractivity contribution in [1.82, 2.24) is 0 Å². The minimum absolute atomic E-state index is 0.00586. The van der Waals surface area contributed by atoms with Crippen molar-refractivity contribution < 1.29 is 80.2 Å². The molecule has 17 nitrogen and oxygen atoms in total. The molecule has 0 aromatic carbocycles. The molecule has 0 aromatic rings. The van der Waals surface area contributed by atoms with Gasteiger partial charge in [-0.1, -0.05) is 314 Å². The van der Waals surface area contributed by atoms with Crippen molar-refractivity contribution in [3.63, 3.8) is 0 Å². The molecular formula is C97H146O17P2. The summed E-state index contributed by atoms with van der Waals surface area (Å²) in [5, 5.41) is 10.7. The Bertz CT molecular complexity index is 3260. The number of hydrogen-bond donors (Lipinski definition) is 3. The van der Waals surface area contributed by atoms with Gasteiger partial charge in [-0.15, -0.1) is 0 Å². The summed E-state index contributed by atoms with van der Waals surface area (Å²) in [5.41, 5.74) is 0. The average Bonchev–Trinajstić information content (AvgIpc) is 0.898. The number of phosphoric acid groups is 2. The number of carbonyl (C=O) groups is 4. The monoisotopic (exact) mass is 1650 g/mol. The lowest BCUT2D eigenvalue weighted by Gasteiger charge is -2.21. The van der Waals surface area contributed by atoms with Crippen molar-refractivity contribution in [2.24, 2.45) is 0 Å². The van der Waals surface area contributed by atoms with Crippen LogP contribution in [0.15, 0.2) is 267 Å². The predicted molar refractivity (Wildman–Crippen MR) is 481 cm³/mol. The van der Waals surface area contributed by atoms with Gasteiger partial charge in [0.15, 0.2) is 12.2 Å². The number of aliphatic hydroxyl groups is 1. The fraction of sp³-hybridized carbons (Fsp3) is 0.505. The molecule has 0 aliphatic heterocycles. The van der Waals surface area contributed by atoms with Crippen molar-refractivity contribution in [3.05, 3.63) is 267 Å². The lowest BCUT2D eigenvalue weighted by atomic mass is 10.1. The van der Waals surface area contributed by atoms with Gasteiger partial charge < -0.3 is 33.8 Å². The molecule has 0 heterocycles. The van der Waals surface area contributed by atoms with Gasteiger partial charge in [-0.05, 0) is 186 Å². The van der Waals surface area contributed by atoms with Crippen LogP contribution in [-0.2, 0) is 65.4 Å². The lowest BCUT2D eigenvalue weighted by Crippen LogP contribution is -2.30. The van der Waals surface area contributed by atoms with E-state index in [9.17, 15) is 43.2 Å². The van der Waals surface area contributed by atoms with E-state index in [4.69, 9.17) is 37.0 Å². The maximum atomic E-state index is 13.2. The van der Waals surface area contributed by atoms with Crippen LogP contribution in [0.25, 0.3) is 0 Å². The second-order valence-electron chi connectivity index (χ2n) is 26.9. The summed E-state index contributed by atoms with van der Waals surface area (Å²) in [4.78, 5) is 73.2. The highest BCUT2D eigenvalue weighted by atomic mass is 31.2. The van der Waals surface area contributed by atoms with Gasteiger partial charge in [0.05, 0.1) is 26.4 Å². The van der Waals surface area contributed by atoms with Crippen LogP contribution in [0.4, 0.5) is 0 Å². The molecule has 0 aromatic heterocycles. The maximum absolute atomic E-state index is 13.2. The fourth-order valence-electron chi connectivity index (χ4n) is 9.87. The summed E-state index contributed by atoms with van der Waals surface area (Å²) in [6, 6.07) is 0. The van der Waals surface area contributed by atoms with Crippen LogP contribution >= 0.6 is 15.6 Å². The number of carbonyl (C=O) groups excluding carboxylic acids is 4. The molecule has 0 rings (SSSR count). The number of unbranched alkanes of at least 4 members (excludes halogenated alkanes) is 6. The Labute approximate surface area is 700 Å². The van der Waals surface area contributed by atoms with Gasteiger partial charge in [-0.25, -0.2) is 9.13 Å². The second kappa shape index (κ2) is 85.2. The Hall–Kier alpha value is -7.66. The largest absolute Gasteiger partial charge is 0.472 e. The Morgan fingerprint density at radius 2 is 0.466 bits per heavy atom. The molecule has 0 amide bonds. The van der Waals surface area contributed by atoms with E-state index in [0.29, 0.717) is 44.9 Å². The van der Waals surface area contributed by atoms with Gasteiger partial charge in [0.2, 0.25) is 0 Å². The third-order valence-corrected chi connectivity index (χ3v) is 18.1. The topological polar surface area (TPSA) is 237 Å². The highest BCUT2D eigenvalue weighted by molar-refractivity contribution is 7.47. The molecule has 0 radical (unpaired) electrons. The van der Waals surface area contributed by atoms with Crippen molar-refractivity contribution in [3.8, 4) is 0 Å². The quantitative estimate of drug-likeness (QED) is 0.0169. The van der Waals surface area contributed by atoms with E-state index in [2.05, 4.69) is 240 Å². The molecule has 0 aliphatic rings. The van der Waals surface area contributed by atoms with E-state index in [1.165, 1.54) is 19.3 Å². The van der Waals surface area contributed by atoms with E-state index < -0.39 is 97.5 Å². The summed E-state index contributed by atoms with van der Waals surface area (Å²) in [6.45, 7) is 4.16. The van der Waals surface area contributed by atoms with Gasteiger partial charge >= 0.3 is 39.5 Å². The van der Waals surface area contributed by atoms with E-state index in [0.717, 1.165) is 141 Å². The first-order chi connectivity index (χ1) is 56.7. The zero-order valence-corrected chi connectivity index (χ0v) is 72.6. The first-order valence-corrected chi connectivity index (χ1v) is 45.6. The zero-order chi connectivity index (χ0) is 84.5. The van der Waals surface area contributed by atoms with E-state index >= 15 is 0 Å². The number of hydrogen-bond acceptors (Lipinski definition) is 15. The van der Waals surface area contributed by atoms with Crippen LogP contribution in [0.5, 0.6) is 0 Å². The highest BCUT2D eigenvalue weighted by Crippen LogP contribution is 2.45. The molecule has 19 heteroatoms. The summed E-state index contributed by atoms with van der Waals surface area (Å²) in [5.74, 6) is -2.55. The van der Waals surface area contributed by atoms with E-state index in [1.807, 2.05) is 54.7 Å². The standard InChI is InChI=1S/C97H146O17P2/c1-5-9-13-17-21-25-29-33-37-41-45-49-53-57-61-65-69-73-77-81-94(99)107-87-92(113-96(101)83-79-75-71-67-63-59-55-51-47-43-39-35-31-27-23-19-15-11-7-3)89-111-115(103,104)109-85-91(98)86-110-116(105,106)112-90-93(114-97(102)84-80-76-72-68-64-60-56-52-48-44-40-36-32-28-24-20-16-12-8-4)88-108-95(100)82-78-74-70-66-62-58-54-50-46-42-38-34-30-26-22-18-14-10-6-2/h9-11,13-15,21-28,33-40,45-52,57-64,69-70,72-74,76,91-93,98H,5-8,12,16-20,29-32,41-44,53-56,65-68,71,75,77-90H2,1-4H3,(H,103,104)(H,105,106)/b13-9-,14-10-,15-11-,25-21-,26-22-,27-23-,28-24-,37-33-,38-34-,39-35-,40-36-,49-45-,50-46-,51-47-,52-48-,61-57-,62-58-,63-59-,64-60-,73-69-,74-70-,76-72-/t91-,92-,93-/m1/s1. The van der Waals surface area contributed by atoms with Crippen LogP contribution in [0.1, 0.15) is 259 Å². The first kappa shape index (κ1) is 108. The normalized spacial score (nSPS) is 15.1. The molecule has 646 valence electrons. The van der Waals surface area contributed by atoms with Crippen molar-refractivity contribution in [2.45, 2.75) is 277 Å². The number of rotatable bonds is 76. The molecule has 0 spiro atoms. The van der Waals surface area contributed by atoms with Crippen LogP contribution in [-0.4, -0.2) is 96.7 Å². The first-order valence-electron chi connectivity index (χ1n) is 42.6. The van der Waals surface area contributed by atoms with Crippen LogP contribution < -0.4 is 0 Å². The number of phosphoric ester groups is 2. The van der Waals surface area contributed by atoms with Crippen LogP contribution in [0, 0.1) is 0 Å². The molecule has 116 heavy (non-hydrogen) atoms. The van der Waals surface area contributed by atoms with Gasteiger partial charge in [0.25, 0.3) is 0 Å².